The summed E-state index contributed by atoms with van der Waals surface area (Å²) >= 11 is 0. The molecule has 15 heavy (non-hydrogen) atoms. The van der Waals surface area contributed by atoms with Crippen LogP contribution >= 0.6 is 0 Å². The first-order valence-electron chi connectivity index (χ1n) is 5.48. The molecule has 1 aliphatic carbocycles. The fourth-order valence-corrected chi connectivity index (χ4v) is 2.06. The molecule has 0 spiro atoms. The molecule has 2 nitrogen and oxygen atoms in total. The first-order valence-corrected chi connectivity index (χ1v) is 5.48. The third-order valence-electron chi connectivity index (χ3n) is 3.01. The zero-order valence-corrected chi connectivity index (χ0v) is 9.29. The fourth-order valence-electron chi connectivity index (χ4n) is 2.06. The molecule has 0 bridgehead atoms. The Morgan fingerprint density at radius 1 is 1.53 bits per heavy atom. The van der Waals surface area contributed by atoms with Crippen molar-refractivity contribution >= 4 is 5.91 Å². The third-order valence-corrected chi connectivity index (χ3v) is 3.01. The number of carbonyl (C=O) groups excluding carboxylic acids is 1. The lowest BCUT2D eigenvalue weighted by Gasteiger charge is -2.02. The largest absolute Gasteiger partial charge is 0.356 e. The van der Waals surface area contributed by atoms with Crippen molar-refractivity contribution in [3.8, 4) is 0 Å². The number of nitrogens with one attached hydrogen (secondary N) is 1. The first-order chi connectivity index (χ1) is 7.16. The number of hydrogen-bond donors (Lipinski definition) is 1. The molecule has 2 atom stereocenters. The monoisotopic (exact) mass is 203 g/mol. The number of benzene rings is 1. The van der Waals surface area contributed by atoms with E-state index in [-0.39, 0.29) is 5.91 Å². The summed E-state index contributed by atoms with van der Waals surface area (Å²) in [4.78, 5) is 10.8. The summed E-state index contributed by atoms with van der Waals surface area (Å²) in [5, 5.41) is 2.88. The van der Waals surface area contributed by atoms with Crippen LogP contribution in [0.2, 0.25) is 0 Å². The van der Waals surface area contributed by atoms with Crippen LogP contribution in [0.25, 0.3) is 0 Å². The summed E-state index contributed by atoms with van der Waals surface area (Å²) in [6, 6.07) is 8.66. The molecule has 0 aromatic heterocycles. The van der Waals surface area contributed by atoms with E-state index >= 15 is 0 Å². The predicted octanol–water partition coefficient (Wildman–Crippen LogP) is 2.23. The van der Waals surface area contributed by atoms with E-state index in [2.05, 4.69) is 36.5 Å². The quantitative estimate of drug-likeness (QED) is 0.802. The van der Waals surface area contributed by atoms with Crippen LogP contribution in [0, 0.1) is 12.8 Å². The predicted molar refractivity (Wildman–Crippen MR) is 60.7 cm³/mol. The van der Waals surface area contributed by atoms with Crippen LogP contribution in [-0.2, 0) is 4.79 Å². The van der Waals surface area contributed by atoms with Gasteiger partial charge < -0.3 is 5.32 Å². The number of carbonyl (C=O) groups is 1. The van der Waals surface area contributed by atoms with Crippen molar-refractivity contribution in [3.05, 3.63) is 35.4 Å². The molecule has 0 saturated heterocycles. The van der Waals surface area contributed by atoms with E-state index in [1.54, 1.807) is 6.92 Å². The number of amides is 1. The second-order valence-electron chi connectivity index (χ2n) is 4.45. The van der Waals surface area contributed by atoms with Gasteiger partial charge in [-0.25, -0.2) is 0 Å². The molecule has 1 fully saturated rings. The Labute approximate surface area is 90.7 Å². The van der Waals surface area contributed by atoms with Gasteiger partial charge in [-0.1, -0.05) is 29.8 Å². The van der Waals surface area contributed by atoms with Crippen LogP contribution < -0.4 is 5.32 Å². The smallest absolute Gasteiger partial charge is 0.216 e. The molecular formula is C13H17NO. The standard InChI is InChI=1S/C13H17NO/c1-9-4-3-5-11(6-9)13-7-12(13)8-14-10(2)15/h3-6,12-13H,7-8H2,1-2H3,(H,14,15)/t12-,13-/m0/s1. The second kappa shape index (κ2) is 4.05. The van der Waals surface area contributed by atoms with Gasteiger partial charge in [0, 0.05) is 13.5 Å². The second-order valence-corrected chi connectivity index (χ2v) is 4.45. The molecule has 1 aromatic carbocycles. The maximum absolute atomic E-state index is 10.8. The van der Waals surface area contributed by atoms with Gasteiger partial charge in [-0.2, -0.15) is 0 Å². The lowest BCUT2D eigenvalue weighted by molar-refractivity contribution is -0.119. The van der Waals surface area contributed by atoms with Gasteiger partial charge in [0.15, 0.2) is 0 Å². The highest BCUT2D eigenvalue weighted by Gasteiger charge is 2.37. The van der Waals surface area contributed by atoms with Crippen molar-refractivity contribution < 1.29 is 4.79 Å². The highest BCUT2D eigenvalue weighted by Crippen LogP contribution is 2.46. The molecular weight excluding hydrogens is 186 g/mol. The normalized spacial score (nSPS) is 23.6. The Hall–Kier alpha value is -1.31. The Bertz CT molecular complexity index is 373. The van der Waals surface area contributed by atoms with E-state index in [9.17, 15) is 4.79 Å². The van der Waals surface area contributed by atoms with Crippen LogP contribution in [0.3, 0.4) is 0 Å². The number of rotatable bonds is 3. The van der Waals surface area contributed by atoms with E-state index in [4.69, 9.17) is 0 Å². The summed E-state index contributed by atoms with van der Waals surface area (Å²) in [5.41, 5.74) is 2.74. The molecule has 1 aromatic rings. The summed E-state index contributed by atoms with van der Waals surface area (Å²) in [7, 11) is 0. The van der Waals surface area contributed by atoms with Gasteiger partial charge >= 0.3 is 0 Å². The van der Waals surface area contributed by atoms with Gasteiger partial charge in [0.25, 0.3) is 0 Å². The Kier molecular flexibility index (Phi) is 2.76. The van der Waals surface area contributed by atoms with Gasteiger partial charge in [0.2, 0.25) is 5.91 Å². The summed E-state index contributed by atoms with van der Waals surface area (Å²) < 4.78 is 0. The summed E-state index contributed by atoms with van der Waals surface area (Å²) in [6.45, 7) is 4.52. The minimum atomic E-state index is 0.0740. The first kappa shape index (κ1) is 10.2. The van der Waals surface area contributed by atoms with Gasteiger partial charge in [-0.05, 0) is 30.7 Å². The SMILES string of the molecule is CC(=O)NC[C@@H]1C[C@H]1c1cccc(C)c1. The van der Waals surface area contributed by atoms with Crippen LogP contribution in [-0.4, -0.2) is 12.5 Å². The highest BCUT2D eigenvalue weighted by molar-refractivity contribution is 5.72. The molecule has 1 aliphatic rings. The molecule has 2 heteroatoms. The highest BCUT2D eigenvalue weighted by atomic mass is 16.1. The van der Waals surface area contributed by atoms with Crippen LogP contribution in [0.4, 0.5) is 0 Å². The molecule has 2 rings (SSSR count). The maximum Gasteiger partial charge on any atom is 0.216 e. The lowest BCUT2D eigenvalue weighted by Crippen LogP contribution is -2.22. The van der Waals surface area contributed by atoms with Crippen LogP contribution in [0.1, 0.15) is 30.4 Å². The average Bonchev–Trinajstić information content (AvgIpc) is 2.94. The number of hydrogen-bond acceptors (Lipinski definition) is 1. The molecule has 1 N–H and O–H groups in total. The Morgan fingerprint density at radius 2 is 2.33 bits per heavy atom. The van der Waals surface area contributed by atoms with Crippen LogP contribution in [0.15, 0.2) is 24.3 Å². The van der Waals surface area contributed by atoms with Gasteiger partial charge in [0.05, 0.1) is 0 Å². The minimum Gasteiger partial charge on any atom is -0.356 e. The summed E-state index contributed by atoms with van der Waals surface area (Å²) in [5.74, 6) is 1.39. The maximum atomic E-state index is 10.8. The Balaban J connectivity index is 1.90. The van der Waals surface area contributed by atoms with Gasteiger partial charge in [-0.3, -0.25) is 4.79 Å². The number of aryl methyl sites for hydroxylation is 1. The van der Waals surface area contributed by atoms with Crippen molar-refractivity contribution in [3.63, 3.8) is 0 Å². The molecule has 1 amide bonds. The molecule has 80 valence electrons. The van der Waals surface area contributed by atoms with E-state index < -0.39 is 0 Å². The van der Waals surface area contributed by atoms with E-state index in [0.717, 1.165) is 6.54 Å². The summed E-state index contributed by atoms with van der Waals surface area (Å²) in [6.07, 6.45) is 1.21. The third kappa shape index (κ3) is 2.58. The van der Waals surface area contributed by atoms with E-state index in [1.165, 1.54) is 17.5 Å². The zero-order chi connectivity index (χ0) is 10.8. The molecule has 0 heterocycles. The van der Waals surface area contributed by atoms with Crippen molar-refractivity contribution in [2.24, 2.45) is 5.92 Å². The molecule has 0 aliphatic heterocycles. The molecule has 0 radical (unpaired) electrons. The van der Waals surface area contributed by atoms with E-state index in [1.807, 2.05) is 0 Å². The van der Waals surface area contributed by atoms with Gasteiger partial charge in [0.1, 0.15) is 0 Å². The van der Waals surface area contributed by atoms with E-state index in [0.29, 0.717) is 11.8 Å². The average molecular weight is 203 g/mol. The molecule has 1 saturated carbocycles. The molecule has 0 unspecified atom stereocenters. The van der Waals surface area contributed by atoms with Crippen molar-refractivity contribution in [2.45, 2.75) is 26.2 Å². The fraction of sp³-hybridized carbons (Fsp3) is 0.462. The van der Waals surface area contributed by atoms with Crippen molar-refractivity contribution in [1.82, 2.24) is 5.32 Å². The van der Waals surface area contributed by atoms with Crippen molar-refractivity contribution in [2.75, 3.05) is 6.54 Å². The van der Waals surface area contributed by atoms with Crippen LogP contribution in [0.5, 0.6) is 0 Å². The lowest BCUT2D eigenvalue weighted by atomic mass is 10.1. The topological polar surface area (TPSA) is 29.1 Å². The van der Waals surface area contributed by atoms with Gasteiger partial charge in [-0.15, -0.1) is 0 Å². The minimum absolute atomic E-state index is 0.0740. The zero-order valence-electron chi connectivity index (χ0n) is 9.29. The Morgan fingerprint density at radius 3 is 3.00 bits per heavy atom. The van der Waals surface area contributed by atoms with Crippen molar-refractivity contribution in [1.29, 1.82) is 0 Å².